The number of amides is 2. The van der Waals surface area contributed by atoms with Gasteiger partial charge in [0.25, 0.3) is 0 Å². The van der Waals surface area contributed by atoms with E-state index in [0.717, 1.165) is 0 Å². The van der Waals surface area contributed by atoms with Crippen LogP contribution in [0.15, 0.2) is 0 Å². The highest BCUT2D eigenvalue weighted by atomic mass is 16.7. The van der Waals surface area contributed by atoms with Crippen molar-refractivity contribution in [2.45, 2.75) is 125 Å². The molecule has 45 heavy (non-hydrogen) atoms. The first-order chi connectivity index (χ1) is 21.5. The molecule has 0 radical (unpaired) electrons. The van der Waals surface area contributed by atoms with Crippen molar-refractivity contribution in [3.63, 3.8) is 0 Å². The van der Waals surface area contributed by atoms with Gasteiger partial charge in [0.15, 0.2) is 12.6 Å². The number of hydrogen-bond donors (Lipinski definition) is 10. The molecule has 2 fully saturated rings. The van der Waals surface area contributed by atoms with Crippen LogP contribution in [0.3, 0.4) is 0 Å². The molecule has 11 atom stereocenters. The lowest BCUT2D eigenvalue weighted by molar-refractivity contribution is -0.301. The first-order valence-electron chi connectivity index (χ1n) is 15.4. The molecule has 0 aliphatic carbocycles. The Morgan fingerprint density at radius 2 is 1.16 bits per heavy atom. The number of carbonyl (C=O) groups is 3. The van der Waals surface area contributed by atoms with Gasteiger partial charge in [0, 0.05) is 32.6 Å². The maximum Gasteiger partial charge on any atom is 0.220 e. The molecule has 11 unspecified atom stereocenters. The molecule has 262 valence electrons. The van der Waals surface area contributed by atoms with Crippen LogP contribution in [0.25, 0.3) is 0 Å². The van der Waals surface area contributed by atoms with Gasteiger partial charge in [-0.3, -0.25) is 9.59 Å². The Morgan fingerprint density at radius 3 is 1.62 bits per heavy atom. The molecule has 2 saturated heterocycles. The van der Waals surface area contributed by atoms with Gasteiger partial charge in [-0.2, -0.15) is 0 Å². The van der Waals surface area contributed by atoms with Crippen molar-refractivity contribution in [1.29, 1.82) is 0 Å². The summed E-state index contributed by atoms with van der Waals surface area (Å²) in [5.41, 5.74) is 0. The molecule has 17 heteroatoms. The predicted octanol–water partition coefficient (Wildman–Crippen LogP) is -4.07. The van der Waals surface area contributed by atoms with E-state index in [1.54, 1.807) is 0 Å². The second-order valence-corrected chi connectivity index (χ2v) is 11.2. The summed E-state index contributed by atoms with van der Waals surface area (Å²) in [6, 6.07) is -0.665. The summed E-state index contributed by atoms with van der Waals surface area (Å²) in [7, 11) is 0. The van der Waals surface area contributed by atoms with Crippen molar-refractivity contribution >= 4 is 18.1 Å². The average molecular weight is 655 g/mol. The standard InChI is InChI=1S/C28H50N2O15/c31-13-16(30-20(35)9-3-6-12-43-28-26(41)24(39)22(37)18(15-33)45-28)7-1-4-10-29-19(34)8-2-5-11-42-27-25(40)23(38)21(36)17(14-32)44-27/h13,16-18,21-28,32-33,36-41H,1-12,14-15H2,(H,29,34)(H,30,35). The summed E-state index contributed by atoms with van der Waals surface area (Å²) in [6.07, 6.45) is -9.09. The molecule has 0 bridgehead atoms. The Labute approximate surface area is 261 Å². The fourth-order valence-corrected chi connectivity index (χ4v) is 4.84. The van der Waals surface area contributed by atoms with Crippen LogP contribution in [0, 0.1) is 0 Å². The zero-order chi connectivity index (χ0) is 33.4. The number of rotatable bonds is 21. The Hall–Kier alpha value is -1.87. The highest BCUT2D eigenvalue weighted by molar-refractivity contribution is 5.79. The van der Waals surface area contributed by atoms with Crippen molar-refractivity contribution in [2.24, 2.45) is 0 Å². The number of aldehydes is 1. The number of ether oxygens (including phenoxy) is 4. The smallest absolute Gasteiger partial charge is 0.220 e. The Balaban J connectivity index is 1.48. The Bertz CT molecular complexity index is 866. The van der Waals surface area contributed by atoms with E-state index >= 15 is 0 Å². The summed E-state index contributed by atoms with van der Waals surface area (Å²) < 4.78 is 21.3. The lowest BCUT2D eigenvalue weighted by Gasteiger charge is -2.39. The number of unbranched alkanes of at least 4 members (excludes halogenated alkanes) is 3. The molecule has 2 heterocycles. The van der Waals surface area contributed by atoms with Gasteiger partial charge in [-0.1, -0.05) is 0 Å². The van der Waals surface area contributed by atoms with E-state index in [4.69, 9.17) is 18.9 Å². The van der Waals surface area contributed by atoms with Gasteiger partial charge in [-0.15, -0.1) is 0 Å². The van der Waals surface area contributed by atoms with Crippen molar-refractivity contribution in [3.8, 4) is 0 Å². The fraction of sp³-hybridized carbons (Fsp3) is 0.893. The van der Waals surface area contributed by atoms with Crippen molar-refractivity contribution in [2.75, 3.05) is 33.0 Å². The third kappa shape index (κ3) is 13.0. The second kappa shape index (κ2) is 21.1. The maximum absolute atomic E-state index is 12.2. The van der Waals surface area contributed by atoms with Gasteiger partial charge in [-0.05, 0) is 44.9 Å². The Kier molecular flexibility index (Phi) is 18.4. The molecule has 2 aliphatic heterocycles. The monoisotopic (exact) mass is 654 g/mol. The zero-order valence-electron chi connectivity index (χ0n) is 25.3. The first kappa shape index (κ1) is 39.3. The van der Waals surface area contributed by atoms with E-state index in [-0.39, 0.29) is 37.9 Å². The quantitative estimate of drug-likeness (QED) is 0.0416. The normalized spacial score (nSPS) is 32.5. The molecular formula is C28H50N2O15. The highest BCUT2D eigenvalue weighted by Gasteiger charge is 2.45. The molecule has 0 aromatic heterocycles. The SMILES string of the molecule is O=CC(CCCCNC(=O)CCCCOC1OC(CO)C(O)C(O)C1O)NC(=O)CCCCOC1OC(CO)C(O)C(O)C1O. The summed E-state index contributed by atoms with van der Waals surface area (Å²) in [5.74, 6) is -0.484. The second-order valence-electron chi connectivity index (χ2n) is 11.2. The largest absolute Gasteiger partial charge is 0.394 e. The molecule has 2 rings (SSSR count). The van der Waals surface area contributed by atoms with Crippen molar-refractivity contribution in [1.82, 2.24) is 10.6 Å². The van der Waals surface area contributed by atoms with E-state index in [1.165, 1.54) is 0 Å². The Morgan fingerprint density at radius 1 is 0.667 bits per heavy atom. The van der Waals surface area contributed by atoms with E-state index in [1.807, 2.05) is 0 Å². The number of nitrogens with one attached hydrogen (secondary N) is 2. The predicted molar refractivity (Wildman–Crippen MR) is 152 cm³/mol. The number of hydrogen-bond acceptors (Lipinski definition) is 15. The molecule has 2 amide bonds. The molecule has 2 aliphatic rings. The average Bonchev–Trinajstić information content (AvgIpc) is 3.03. The molecule has 0 spiro atoms. The van der Waals surface area contributed by atoms with Gasteiger partial charge in [-0.25, -0.2) is 0 Å². The minimum atomic E-state index is -1.53. The van der Waals surface area contributed by atoms with Crippen LogP contribution in [-0.2, 0) is 33.3 Å². The van der Waals surface area contributed by atoms with Crippen LogP contribution in [-0.4, -0.2) is 159 Å². The van der Waals surface area contributed by atoms with E-state index in [0.29, 0.717) is 57.8 Å². The highest BCUT2D eigenvalue weighted by Crippen LogP contribution is 2.23. The van der Waals surface area contributed by atoms with Crippen LogP contribution >= 0.6 is 0 Å². The topological polar surface area (TPSA) is 274 Å². The minimum absolute atomic E-state index is 0.0920. The molecule has 0 saturated carbocycles. The first-order valence-corrected chi connectivity index (χ1v) is 15.4. The van der Waals surface area contributed by atoms with Crippen molar-refractivity contribution < 1.29 is 74.2 Å². The minimum Gasteiger partial charge on any atom is -0.394 e. The zero-order valence-corrected chi connectivity index (χ0v) is 25.3. The summed E-state index contributed by atoms with van der Waals surface area (Å²) >= 11 is 0. The van der Waals surface area contributed by atoms with Crippen molar-refractivity contribution in [3.05, 3.63) is 0 Å². The number of aliphatic hydroxyl groups is 8. The van der Waals surface area contributed by atoms with Gasteiger partial charge in [0.05, 0.1) is 19.3 Å². The van der Waals surface area contributed by atoms with E-state index < -0.39 is 80.7 Å². The maximum atomic E-state index is 12.2. The lowest BCUT2D eigenvalue weighted by atomic mass is 9.99. The van der Waals surface area contributed by atoms with Crippen LogP contribution < -0.4 is 10.6 Å². The molecule has 17 nitrogen and oxygen atoms in total. The van der Waals surface area contributed by atoms with Gasteiger partial charge < -0.3 is 75.2 Å². The van der Waals surface area contributed by atoms with Gasteiger partial charge in [0.2, 0.25) is 11.8 Å². The van der Waals surface area contributed by atoms with Gasteiger partial charge in [0.1, 0.15) is 55.1 Å². The van der Waals surface area contributed by atoms with Crippen LogP contribution in [0.4, 0.5) is 0 Å². The molecule has 0 aromatic carbocycles. The van der Waals surface area contributed by atoms with E-state index in [2.05, 4.69) is 10.6 Å². The van der Waals surface area contributed by atoms with Gasteiger partial charge >= 0.3 is 0 Å². The summed E-state index contributed by atoms with van der Waals surface area (Å²) in [4.78, 5) is 35.6. The lowest BCUT2D eigenvalue weighted by Crippen LogP contribution is -2.59. The summed E-state index contributed by atoms with van der Waals surface area (Å²) in [5, 5.41) is 82.8. The molecular weight excluding hydrogens is 604 g/mol. The van der Waals surface area contributed by atoms with Crippen LogP contribution in [0.5, 0.6) is 0 Å². The molecule has 10 N–H and O–H groups in total. The summed E-state index contributed by atoms with van der Waals surface area (Å²) in [6.45, 7) is -0.490. The van der Waals surface area contributed by atoms with Crippen LogP contribution in [0.1, 0.15) is 57.8 Å². The fourth-order valence-electron chi connectivity index (χ4n) is 4.84. The number of aliphatic hydroxyl groups excluding tert-OH is 8. The third-order valence-corrected chi connectivity index (χ3v) is 7.63. The molecule has 0 aromatic rings. The van der Waals surface area contributed by atoms with E-state index in [9.17, 15) is 55.2 Å². The van der Waals surface area contributed by atoms with Crippen LogP contribution in [0.2, 0.25) is 0 Å². The third-order valence-electron chi connectivity index (χ3n) is 7.63. The number of carbonyl (C=O) groups excluding carboxylic acids is 3.